The second kappa shape index (κ2) is 7.70. The number of carbonyl (C=O) groups excluding carboxylic acids is 2. The van der Waals surface area contributed by atoms with Gasteiger partial charge in [0, 0.05) is 11.4 Å². The van der Waals surface area contributed by atoms with Crippen molar-refractivity contribution >= 4 is 46.8 Å². The zero-order valence-corrected chi connectivity index (χ0v) is 12.2. The van der Waals surface area contributed by atoms with Crippen LogP contribution >= 0.6 is 23.2 Å². The van der Waals surface area contributed by atoms with Gasteiger partial charge in [-0.15, -0.1) is 0 Å². The van der Waals surface area contributed by atoms with E-state index in [-0.39, 0.29) is 23.6 Å². The average Bonchev–Trinajstić information content (AvgIpc) is 2.38. The highest BCUT2D eigenvalue weighted by Gasteiger charge is 2.20. The molecule has 0 saturated heterocycles. The van der Waals surface area contributed by atoms with E-state index in [1.54, 1.807) is 6.07 Å². The van der Waals surface area contributed by atoms with Crippen LogP contribution < -0.4 is 16.4 Å². The molecule has 0 aliphatic heterocycles. The molecule has 0 aliphatic rings. The van der Waals surface area contributed by atoms with E-state index in [2.05, 4.69) is 10.6 Å². The Labute approximate surface area is 130 Å². The van der Waals surface area contributed by atoms with Crippen molar-refractivity contribution in [1.29, 1.82) is 0 Å². The fourth-order valence-electron chi connectivity index (χ4n) is 1.45. The van der Waals surface area contributed by atoms with E-state index in [4.69, 9.17) is 34.0 Å². The molecule has 1 rings (SSSR count). The molecule has 0 spiro atoms. The van der Waals surface area contributed by atoms with Crippen LogP contribution in [0.3, 0.4) is 0 Å². The lowest BCUT2D eigenvalue weighted by Crippen LogP contribution is -2.43. The fraction of sp³-hybridized carbons (Fsp3) is 0.250. The van der Waals surface area contributed by atoms with Gasteiger partial charge in [-0.3, -0.25) is 4.79 Å². The Hall–Kier alpha value is -1.99. The number of urea groups is 1. The lowest BCUT2D eigenvalue weighted by atomic mass is 10.1. The van der Waals surface area contributed by atoms with E-state index in [1.807, 2.05) is 0 Å². The third-order valence-electron chi connectivity index (χ3n) is 2.46. The van der Waals surface area contributed by atoms with Gasteiger partial charge in [0.2, 0.25) is 5.91 Å². The summed E-state index contributed by atoms with van der Waals surface area (Å²) in [5.41, 5.74) is 5.18. The zero-order valence-electron chi connectivity index (χ0n) is 10.7. The van der Waals surface area contributed by atoms with E-state index >= 15 is 0 Å². The highest BCUT2D eigenvalue weighted by molar-refractivity contribution is 6.35. The summed E-state index contributed by atoms with van der Waals surface area (Å²) in [6.45, 7) is 0. The molecule has 0 saturated carbocycles. The Morgan fingerprint density at radius 2 is 1.95 bits per heavy atom. The summed E-state index contributed by atoms with van der Waals surface area (Å²) in [7, 11) is 0. The van der Waals surface area contributed by atoms with E-state index in [0.717, 1.165) is 0 Å². The van der Waals surface area contributed by atoms with Crippen LogP contribution in [-0.4, -0.2) is 29.1 Å². The number of nitrogens with one attached hydrogen (secondary N) is 2. The number of carboxylic acids is 1. The first kappa shape index (κ1) is 17.1. The topological polar surface area (TPSA) is 122 Å². The number of aliphatic carboxylic acids is 1. The Morgan fingerprint density at radius 3 is 2.52 bits per heavy atom. The Balaban J connectivity index is 2.67. The summed E-state index contributed by atoms with van der Waals surface area (Å²) < 4.78 is 0. The number of hydrogen-bond donors (Lipinski definition) is 4. The van der Waals surface area contributed by atoms with Crippen LogP contribution in [0, 0.1) is 0 Å². The maximum atomic E-state index is 11.7. The first-order chi connectivity index (χ1) is 9.79. The fourth-order valence-corrected chi connectivity index (χ4v) is 1.79. The standard InChI is InChI=1S/C12H13Cl2N3O4/c13-6-1-2-7(14)9(5-6)17-12(21)16-8(11(19)20)3-4-10(15)18/h1-2,5,8H,3-4H2,(H2,15,18)(H,19,20)(H2,16,17,21). The smallest absolute Gasteiger partial charge is 0.326 e. The van der Waals surface area contributed by atoms with Crippen LogP contribution in [0.2, 0.25) is 10.0 Å². The number of carboxylic acid groups (broad SMARTS) is 1. The second-order valence-electron chi connectivity index (χ2n) is 4.12. The largest absolute Gasteiger partial charge is 0.480 e. The minimum atomic E-state index is -1.27. The minimum Gasteiger partial charge on any atom is -0.480 e. The molecular formula is C12H13Cl2N3O4. The van der Waals surface area contributed by atoms with Gasteiger partial charge in [-0.05, 0) is 24.6 Å². The van der Waals surface area contributed by atoms with Gasteiger partial charge in [-0.25, -0.2) is 9.59 Å². The third kappa shape index (κ3) is 5.88. The van der Waals surface area contributed by atoms with Gasteiger partial charge in [0.15, 0.2) is 0 Å². The predicted octanol–water partition coefficient (Wildman–Crippen LogP) is 1.83. The molecule has 0 heterocycles. The maximum Gasteiger partial charge on any atom is 0.326 e. The van der Waals surface area contributed by atoms with Crippen LogP contribution in [-0.2, 0) is 9.59 Å². The molecule has 114 valence electrons. The van der Waals surface area contributed by atoms with E-state index in [0.29, 0.717) is 5.02 Å². The molecule has 9 heteroatoms. The van der Waals surface area contributed by atoms with Crippen molar-refractivity contribution in [3.8, 4) is 0 Å². The van der Waals surface area contributed by atoms with Gasteiger partial charge in [0.1, 0.15) is 6.04 Å². The van der Waals surface area contributed by atoms with Crippen LogP contribution in [0.25, 0.3) is 0 Å². The van der Waals surface area contributed by atoms with Crippen molar-refractivity contribution in [1.82, 2.24) is 5.32 Å². The molecule has 1 unspecified atom stereocenters. The summed E-state index contributed by atoms with van der Waals surface area (Å²) in [5, 5.41) is 14.2. The SMILES string of the molecule is NC(=O)CCC(NC(=O)Nc1cc(Cl)ccc1Cl)C(=O)O. The van der Waals surface area contributed by atoms with Gasteiger partial charge in [0.05, 0.1) is 10.7 Å². The molecule has 1 aromatic rings. The van der Waals surface area contributed by atoms with Gasteiger partial charge < -0.3 is 21.5 Å². The highest BCUT2D eigenvalue weighted by Crippen LogP contribution is 2.25. The third-order valence-corrected chi connectivity index (χ3v) is 3.02. The Morgan fingerprint density at radius 1 is 1.29 bits per heavy atom. The second-order valence-corrected chi connectivity index (χ2v) is 4.96. The van der Waals surface area contributed by atoms with Gasteiger partial charge >= 0.3 is 12.0 Å². The van der Waals surface area contributed by atoms with Crippen molar-refractivity contribution in [2.24, 2.45) is 5.73 Å². The van der Waals surface area contributed by atoms with Crippen LogP contribution in [0.1, 0.15) is 12.8 Å². The van der Waals surface area contributed by atoms with Crippen LogP contribution in [0.15, 0.2) is 18.2 Å². The number of benzene rings is 1. The molecule has 1 aromatic carbocycles. The summed E-state index contributed by atoms with van der Waals surface area (Å²) in [6, 6.07) is 2.43. The molecule has 3 amide bonds. The summed E-state index contributed by atoms with van der Waals surface area (Å²) in [6.07, 6.45) is -0.267. The Bertz CT molecular complexity index is 565. The average molecular weight is 334 g/mol. The number of carbonyl (C=O) groups is 3. The monoisotopic (exact) mass is 333 g/mol. The van der Waals surface area contributed by atoms with Crippen molar-refractivity contribution in [3.05, 3.63) is 28.2 Å². The number of nitrogens with two attached hydrogens (primary N) is 1. The lowest BCUT2D eigenvalue weighted by molar-refractivity contribution is -0.139. The molecular weight excluding hydrogens is 321 g/mol. The molecule has 0 radical (unpaired) electrons. The molecule has 5 N–H and O–H groups in total. The molecule has 0 fully saturated rings. The van der Waals surface area contributed by atoms with E-state index in [9.17, 15) is 14.4 Å². The van der Waals surface area contributed by atoms with Crippen molar-refractivity contribution in [2.75, 3.05) is 5.32 Å². The Kier molecular flexibility index (Phi) is 6.26. The molecule has 0 bridgehead atoms. The summed E-state index contributed by atoms with van der Waals surface area (Å²) in [5.74, 6) is -1.93. The van der Waals surface area contributed by atoms with Crippen LogP contribution in [0.5, 0.6) is 0 Å². The first-order valence-electron chi connectivity index (χ1n) is 5.83. The number of anilines is 1. The number of amides is 3. The molecule has 0 aliphatic carbocycles. The first-order valence-corrected chi connectivity index (χ1v) is 6.59. The van der Waals surface area contributed by atoms with E-state index in [1.165, 1.54) is 12.1 Å². The lowest BCUT2D eigenvalue weighted by Gasteiger charge is -2.15. The zero-order chi connectivity index (χ0) is 16.0. The number of halogens is 2. The molecule has 21 heavy (non-hydrogen) atoms. The summed E-state index contributed by atoms with van der Waals surface area (Å²) in [4.78, 5) is 33.4. The van der Waals surface area contributed by atoms with Crippen molar-refractivity contribution in [2.45, 2.75) is 18.9 Å². The molecule has 1 atom stereocenters. The quantitative estimate of drug-likeness (QED) is 0.634. The van der Waals surface area contributed by atoms with E-state index < -0.39 is 23.9 Å². The summed E-state index contributed by atoms with van der Waals surface area (Å²) >= 11 is 11.6. The minimum absolute atomic E-state index is 0.110. The molecule has 0 aromatic heterocycles. The highest BCUT2D eigenvalue weighted by atomic mass is 35.5. The van der Waals surface area contributed by atoms with Gasteiger partial charge in [0.25, 0.3) is 0 Å². The van der Waals surface area contributed by atoms with Gasteiger partial charge in [-0.1, -0.05) is 23.2 Å². The number of primary amides is 1. The predicted molar refractivity (Wildman–Crippen MR) is 78.5 cm³/mol. The van der Waals surface area contributed by atoms with Crippen molar-refractivity contribution in [3.63, 3.8) is 0 Å². The number of rotatable bonds is 6. The molecule has 7 nitrogen and oxygen atoms in total. The van der Waals surface area contributed by atoms with Crippen LogP contribution in [0.4, 0.5) is 10.5 Å². The van der Waals surface area contributed by atoms with Gasteiger partial charge in [-0.2, -0.15) is 0 Å². The maximum absolute atomic E-state index is 11.7. The van der Waals surface area contributed by atoms with Crippen molar-refractivity contribution < 1.29 is 19.5 Å². The normalized spacial score (nSPS) is 11.5. The number of hydrogen-bond acceptors (Lipinski definition) is 3.